The molecule has 0 fully saturated rings. The summed E-state index contributed by atoms with van der Waals surface area (Å²) in [6.07, 6.45) is 4.76. The molecule has 1 heterocycles. The second kappa shape index (κ2) is 6.36. The first-order valence-corrected chi connectivity index (χ1v) is 7.33. The predicted molar refractivity (Wildman–Crippen MR) is 87.4 cm³/mol. The van der Waals surface area contributed by atoms with E-state index in [1.807, 2.05) is 18.5 Å². The third-order valence-electron chi connectivity index (χ3n) is 3.84. The Morgan fingerprint density at radius 2 is 1.52 bits per heavy atom. The van der Waals surface area contributed by atoms with Crippen molar-refractivity contribution in [3.63, 3.8) is 0 Å². The fourth-order valence-electron chi connectivity index (χ4n) is 2.67. The van der Waals surface area contributed by atoms with Gasteiger partial charge in [0.15, 0.2) is 0 Å². The molecule has 0 saturated heterocycles. The number of nitrogens with zero attached hydrogens (tertiary/aromatic N) is 1. The molecular weight excluding hydrogens is 254 g/mol. The predicted octanol–water partition coefficient (Wildman–Crippen LogP) is 4.76. The molecule has 1 nitrogen and oxygen atoms in total. The van der Waals surface area contributed by atoms with Crippen LogP contribution >= 0.6 is 0 Å². The van der Waals surface area contributed by atoms with E-state index in [1.54, 1.807) is 0 Å². The molecule has 104 valence electrons. The van der Waals surface area contributed by atoms with Crippen molar-refractivity contribution in [2.45, 2.75) is 19.3 Å². The summed E-state index contributed by atoms with van der Waals surface area (Å²) in [6, 6.07) is 23.7. The summed E-state index contributed by atoms with van der Waals surface area (Å²) in [5.74, 6) is 0.371. The lowest BCUT2D eigenvalue weighted by atomic mass is 9.86. The minimum Gasteiger partial charge on any atom is -0.264 e. The molecule has 1 unspecified atom stereocenters. The Bertz CT molecular complexity index is 672. The molecule has 0 aliphatic carbocycles. The molecule has 1 heteroatoms. The minimum atomic E-state index is 0.371. The summed E-state index contributed by atoms with van der Waals surface area (Å²) in [4.78, 5) is 4.24. The standard InChI is InChI=1S/C20H19N/c1-16-9-11-19(12-10-16)20(18-7-3-2-4-8-18)14-17-6-5-13-21-15-17/h2-13,15,20H,14H2,1H3. The number of benzene rings is 2. The SMILES string of the molecule is Cc1ccc(C(Cc2cccnc2)c2ccccc2)cc1. The average molecular weight is 273 g/mol. The lowest BCUT2D eigenvalue weighted by Gasteiger charge is -2.18. The molecule has 21 heavy (non-hydrogen) atoms. The van der Waals surface area contributed by atoms with Crippen LogP contribution in [0.25, 0.3) is 0 Å². The Hall–Kier alpha value is -2.41. The van der Waals surface area contributed by atoms with Crippen LogP contribution in [0.3, 0.4) is 0 Å². The molecule has 0 radical (unpaired) electrons. The van der Waals surface area contributed by atoms with E-state index in [0.29, 0.717) is 5.92 Å². The van der Waals surface area contributed by atoms with Crippen LogP contribution in [0.15, 0.2) is 79.1 Å². The highest BCUT2D eigenvalue weighted by Gasteiger charge is 2.14. The Labute approximate surface area is 126 Å². The molecule has 0 aliphatic rings. The Morgan fingerprint density at radius 1 is 0.810 bits per heavy atom. The number of aryl methyl sites for hydroxylation is 1. The second-order valence-corrected chi connectivity index (χ2v) is 5.44. The van der Waals surface area contributed by atoms with E-state index in [1.165, 1.54) is 22.3 Å². The Morgan fingerprint density at radius 3 is 2.19 bits per heavy atom. The van der Waals surface area contributed by atoms with E-state index < -0.39 is 0 Å². The molecule has 1 atom stereocenters. The summed E-state index contributed by atoms with van der Waals surface area (Å²) in [6.45, 7) is 2.13. The van der Waals surface area contributed by atoms with Gasteiger partial charge in [-0.2, -0.15) is 0 Å². The van der Waals surface area contributed by atoms with Gasteiger partial charge < -0.3 is 0 Å². The maximum atomic E-state index is 4.24. The third kappa shape index (κ3) is 3.38. The number of hydrogen-bond donors (Lipinski definition) is 0. The quantitative estimate of drug-likeness (QED) is 0.667. The van der Waals surface area contributed by atoms with E-state index in [2.05, 4.69) is 72.6 Å². The van der Waals surface area contributed by atoms with Crippen molar-refractivity contribution in [3.05, 3.63) is 101 Å². The van der Waals surface area contributed by atoms with Crippen LogP contribution in [0.2, 0.25) is 0 Å². The zero-order valence-electron chi connectivity index (χ0n) is 12.2. The third-order valence-corrected chi connectivity index (χ3v) is 3.84. The summed E-state index contributed by atoms with van der Waals surface area (Å²) in [5, 5.41) is 0. The van der Waals surface area contributed by atoms with Crippen LogP contribution in [-0.4, -0.2) is 4.98 Å². The van der Waals surface area contributed by atoms with Gasteiger partial charge in [0.05, 0.1) is 0 Å². The summed E-state index contributed by atoms with van der Waals surface area (Å²) in [7, 11) is 0. The van der Waals surface area contributed by atoms with Crippen molar-refractivity contribution in [1.29, 1.82) is 0 Å². The fraction of sp³-hybridized carbons (Fsp3) is 0.150. The Balaban J connectivity index is 1.97. The smallest absolute Gasteiger partial charge is 0.0300 e. The highest BCUT2D eigenvalue weighted by Crippen LogP contribution is 2.28. The minimum absolute atomic E-state index is 0.371. The van der Waals surface area contributed by atoms with Gasteiger partial charge in [-0.3, -0.25) is 4.98 Å². The number of aromatic nitrogens is 1. The monoisotopic (exact) mass is 273 g/mol. The largest absolute Gasteiger partial charge is 0.264 e. The van der Waals surface area contributed by atoms with Gasteiger partial charge >= 0.3 is 0 Å². The maximum absolute atomic E-state index is 4.24. The first-order valence-electron chi connectivity index (χ1n) is 7.33. The van der Waals surface area contributed by atoms with Gasteiger partial charge in [0.1, 0.15) is 0 Å². The molecule has 2 aromatic carbocycles. The first kappa shape index (κ1) is 13.6. The molecule has 0 amide bonds. The van der Waals surface area contributed by atoms with Gasteiger partial charge in [-0.1, -0.05) is 66.2 Å². The van der Waals surface area contributed by atoms with Crippen LogP contribution in [0.4, 0.5) is 0 Å². The summed E-state index contributed by atoms with van der Waals surface area (Å²) < 4.78 is 0. The van der Waals surface area contributed by atoms with Gasteiger partial charge in [0.2, 0.25) is 0 Å². The van der Waals surface area contributed by atoms with Gasteiger partial charge in [0, 0.05) is 18.3 Å². The highest BCUT2D eigenvalue weighted by atomic mass is 14.6. The van der Waals surface area contributed by atoms with Crippen molar-refractivity contribution in [1.82, 2.24) is 4.98 Å². The van der Waals surface area contributed by atoms with Crippen LogP contribution in [-0.2, 0) is 6.42 Å². The van der Waals surface area contributed by atoms with E-state index in [-0.39, 0.29) is 0 Å². The fourth-order valence-corrected chi connectivity index (χ4v) is 2.67. The average Bonchev–Trinajstić information content (AvgIpc) is 2.55. The molecule has 0 aliphatic heterocycles. The van der Waals surface area contributed by atoms with Crippen LogP contribution in [0, 0.1) is 6.92 Å². The topological polar surface area (TPSA) is 12.9 Å². The molecular formula is C20H19N. The van der Waals surface area contributed by atoms with Crippen molar-refractivity contribution in [2.75, 3.05) is 0 Å². The van der Waals surface area contributed by atoms with Gasteiger partial charge in [-0.15, -0.1) is 0 Å². The summed E-state index contributed by atoms with van der Waals surface area (Å²) in [5.41, 5.74) is 5.28. The lowest BCUT2D eigenvalue weighted by Crippen LogP contribution is -2.05. The normalized spacial score (nSPS) is 12.0. The van der Waals surface area contributed by atoms with Crippen LogP contribution in [0.5, 0.6) is 0 Å². The maximum Gasteiger partial charge on any atom is 0.0300 e. The van der Waals surface area contributed by atoms with E-state index in [9.17, 15) is 0 Å². The van der Waals surface area contributed by atoms with E-state index in [0.717, 1.165) is 6.42 Å². The summed E-state index contributed by atoms with van der Waals surface area (Å²) >= 11 is 0. The van der Waals surface area contributed by atoms with Crippen molar-refractivity contribution < 1.29 is 0 Å². The second-order valence-electron chi connectivity index (χ2n) is 5.44. The van der Waals surface area contributed by atoms with E-state index >= 15 is 0 Å². The van der Waals surface area contributed by atoms with Gasteiger partial charge in [-0.25, -0.2) is 0 Å². The number of pyridine rings is 1. The zero-order chi connectivity index (χ0) is 14.5. The van der Waals surface area contributed by atoms with E-state index in [4.69, 9.17) is 0 Å². The van der Waals surface area contributed by atoms with Crippen LogP contribution < -0.4 is 0 Å². The van der Waals surface area contributed by atoms with Crippen molar-refractivity contribution >= 4 is 0 Å². The molecule has 3 rings (SSSR count). The molecule has 0 N–H and O–H groups in total. The highest BCUT2D eigenvalue weighted by molar-refractivity contribution is 5.35. The number of hydrogen-bond acceptors (Lipinski definition) is 1. The first-order chi connectivity index (χ1) is 10.3. The van der Waals surface area contributed by atoms with Gasteiger partial charge in [-0.05, 0) is 36.1 Å². The number of rotatable bonds is 4. The van der Waals surface area contributed by atoms with Crippen molar-refractivity contribution in [2.24, 2.45) is 0 Å². The lowest BCUT2D eigenvalue weighted by molar-refractivity contribution is 0.801. The van der Waals surface area contributed by atoms with Crippen molar-refractivity contribution in [3.8, 4) is 0 Å². The van der Waals surface area contributed by atoms with Crippen LogP contribution in [0.1, 0.15) is 28.2 Å². The van der Waals surface area contributed by atoms with Gasteiger partial charge in [0.25, 0.3) is 0 Å². The Kier molecular flexibility index (Phi) is 4.11. The zero-order valence-corrected chi connectivity index (χ0v) is 12.2. The molecule has 1 aromatic heterocycles. The molecule has 0 spiro atoms. The molecule has 0 saturated carbocycles. The molecule has 3 aromatic rings. The molecule has 0 bridgehead atoms.